The minimum absolute atomic E-state index is 0.0448. The molecule has 0 radical (unpaired) electrons. The van der Waals surface area contributed by atoms with Gasteiger partial charge in [0.2, 0.25) is 10.0 Å². The molecule has 33 heavy (non-hydrogen) atoms. The lowest BCUT2D eigenvalue weighted by Crippen LogP contribution is -2.42. The van der Waals surface area contributed by atoms with Crippen LogP contribution < -0.4 is 5.73 Å². The third-order valence-electron chi connectivity index (χ3n) is 5.87. The number of sulfonamides is 1. The van der Waals surface area contributed by atoms with Gasteiger partial charge in [-0.15, -0.1) is 11.8 Å². The molecule has 1 atom stereocenters. The molecule has 1 unspecified atom stereocenters. The molecule has 7 nitrogen and oxygen atoms in total. The van der Waals surface area contributed by atoms with Gasteiger partial charge >= 0.3 is 0 Å². The molecule has 0 bridgehead atoms. The number of carbonyl (C=O) groups excluding carboxylic acids is 1. The molecular weight excluding hydrogens is 480 g/mol. The number of aromatic nitrogens is 2. The van der Waals surface area contributed by atoms with Crippen molar-refractivity contribution in [2.75, 3.05) is 6.54 Å². The van der Waals surface area contributed by atoms with Crippen molar-refractivity contribution in [2.45, 2.75) is 24.1 Å². The van der Waals surface area contributed by atoms with E-state index in [1.807, 2.05) is 59.2 Å². The average molecular weight is 501 g/mol. The summed E-state index contributed by atoms with van der Waals surface area (Å²) < 4.78 is 29.7. The lowest BCUT2D eigenvalue weighted by molar-refractivity contribution is 0.0998. The second-order valence-electron chi connectivity index (χ2n) is 7.81. The maximum Gasteiger partial charge on any atom is 0.252 e. The normalized spacial score (nSPS) is 18.7. The maximum absolute atomic E-state index is 13.5. The molecule has 0 saturated carbocycles. The van der Waals surface area contributed by atoms with Crippen LogP contribution in [0.25, 0.3) is 16.2 Å². The Labute approximate surface area is 201 Å². The van der Waals surface area contributed by atoms with Gasteiger partial charge in [-0.05, 0) is 24.1 Å². The maximum atomic E-state index is 13.5. The highest BCUT2D eigenvalue weighted by Crippen LogP contribution is 2.43. The average Bonchev–Trinajstić information content (AvgIpc) is 3.43. The summed E-state index contributed by atoms with van der Waals surface area (Å²) in [5, 5.41) is 0.261. The first kappa shape index (κ1) is 22.2. The zero-order valence-electron chi connectivity index (χ0n) is 17.5. The highest BCUT2D eigenvalue weighted by molar-refractivity contribution is 8.18. The van der Waals surface area contributed by atoms with Crippen molar-refractivity contribution in [3.8, 4) is 11.3 Å². The van der Waals surface area contributed by atoms with E-state index < -0.39 is 20.5 Å². The summed E-state index contributed by atoms with van der Waals surface area (Å²) in [4.78, 5) is 17.5. The summed E-state index contributed by atoms with van der Waals surface area (Å²) in [7, 11) is -3.65. The first-order valence-electron chi connectivity index (χ1n) is 10.4. The highest BCUT2D eigenvalue weighted by Gasteiger charge is 2.40. The van der Waals surface area contributed by atoms with E-state index in [9.17, 15) is 13.2 Å². The number of fused-ring (bicyclic) bond motifs is 1. The Morgan fingerprint density at radius 1 is 1.12 bits per heavy atom. The number of carbonyl (C=O) groups is 1. The van der Waals surface area contributed by atoms with Crippen LogP contribution in [0.4, 0.5) is 0 Å². The number of hydrogen-bond acceptors (Lipinski definition) is 5. The van der Waals surface area contributed by atoms with E-state index in [1.165, 1.54) is 16.1 Å². The summed E-state index contributed by atoms with van der Waals surface area (Å²) in [6.45, 7) is 0.710. The van der Waals surface area contributed by atoms with E-state index in [0.717, 1.165) is 16.2 Å². The lowest BCUT2D eigenvalue weighted by atomic mass is 10.1. The van der Waals surface area contributed by atoms with Crippen molar-refractivity contribution in [3.63, 3.8) is 0 Å². The van der Waals surface area contributed by atoms with Gasteiger partial charge < -0.3 is 10.3 Å². The minimum Gasteiger partial charge on any atom is -0.365 e. The van der Waals surface area contributed by atoms with Gasteiger partial charge in [-0.1, -0.05) is 54.1 Å². The standard InChI is InChI=1S/C23H21ClN4O3S2/c24-21-20(23(25)29)17-14-27(12-13-28(17)22(21)15-6-2-1-3-7-15)33(30,31)19-10-9-18(32-19)16-8-4-5-11-26-16/h1-9,11,19H,10,12-14H2,(H2,25,29). The van der Waals surface area contributed by atoms with Gasteiger partial charge in [-0.3, -0.25) is 9.78 Å². The minimum atomic E-state index is -3.65. The molecule has 0 aliphatic carbocycles. The number of thioether (sulfide) groups is 1. The van der Waals surface area contributed by atoms with Crippen molar-refractivity contribution in [2.24, 2.45) is 5.73 Å². The predicted octanol–water partition coefficient (Wildman–Crippen LogP) is 3.95. The van der Waals surface area contributed by atoms with E-state index in [-0.39, 0.29) is 23.7 Å². The summed E-state index contributed by atoms with van der Waals surface area (Å²) in [5.41, 5.74) is 8.68. The largest absolute Gasteiger partial charge is 0.365 e. The van der Waals surface area contributed by atoms with Crippen LogP contribution >= 0.6 is 23.4 Å². The number of halogens is 1. The molecule has 1 aromatic carbocycles. The van der Waals surface area contributed by atoms with E-state index in [1.54, 1.807) is 6.20 Å². The van der Waals surface area contributed by atoms with Crippen molar-refractivity contribution >= 4 is 44.2 Å². The van der Waals surface area contributed by atoms with Crippen molar-refractivity contribution in [3.05, 3.63) is 82.8 Å². The molecule has 2 aliphatic rings. The fourth-order valence-corrected chi connectivity index (χ4v) is 8.11. The molecule has 1 amide bonds. The van der Waals surface area contributed by atoms with Crippen LogP contribution in [-0.2, 0) is 23.1 Å². The van der Waals surface area contributed by atoms with Crippen molar-refractivity contribution in [1.82, 2.24) is 13.9 Å². The van der Waals surface area contributed by atoms with Gasteiger partial charge in [0.25, 0.3) is 5.91 Å². The smallest absolute Gasteiger partial charge is 0.252 e. The molecule has 2 aromatic heterocycles. The second-order valence-corrected chi connectivity index (χ2v) is 11.8. The monoisotopic (exact) mass is 500 g/mol. The molecule has 170 valence electrons. The van der Waals surface area contributed by atoms with Crippen LogP contribution in [0.3, 0.4) is 0 Å². The third-order valence-corrected chi connectivity index (χ3v) is 10.2. The van der Waals surface area contributed by atoms with Crippen molar-refractivity contribution in [1.29, 1.82) is 0 Å². The number of rotatable bonds is 5. The molecule has 10 heteroatoms. The third kappa shape index (κ3) is 3.89. The molecule has 3 aromatic rings. The van der Waals surface area contributed by atoms with Gasteiger partial charge in [0.15, 0.2) is 0 Å². The topological polar surface area (TPSA) is 98.3 Å². The lowest BCUT2D eigenvalue weighted by Gasteiger charge is -2.31. The second kappa shape index (κ2) is 8.64. The number of amides is 1. The van der Waals surface area contributed by atoms with Crippen LogP contribution in [0, 0.1) is 0 Å². The molecule has 5 rings (SSSR count). The summed E-state index contributed by atoms with van der Waals surface area (Å²) in [6.07, 6.45) is 4.01. The van der Waals surface area contributed by atoms with Crippen LogP contribution in [0.2, 0.25) is 5.02 Å². The van der Waals surface area contributed by atoms with Gasteiger partial charge in [-0.25, -0.2) is 8.42 Å². The predicted molar refractivity (Wildman–Crippen MR) is 131 cm³/mol. The Balaban J connectivity index is 1.45. The number of pyridine rings is 1. The van der Waals surface area contributed by atoms with Gasteiger partial charge in [0, 0.05) is 29.9 Å². The number of primary amides is 1. The van der Waals surface area contributed by atoms with E-state index in [0.29, 0.717) is 24.4 Å². The molecule has 0 spiro atoms. The Kier molecular flexibility index (Phi) is 5.82. The van der Waals surface area contributed by atoms with E-state index in [2.05, 4.69) is 4.98 Å². The van der Waals surface area contributed by atoms with E-state index >= 15 is 0 Å². The molecule has 2 N–H and O–H groups in total. The zero-order valence-corrected chi connectivity index (χ0v) is 19.9. The van der Waals surface area contributed by atoms with Gasteiger partial charge in [0.05, 0.1) is 28.5 Å². The van der Waals surface area contributed by atoms with Crippen molar-refractivity contribution < 1.29 is 13.2 Å². The SMILES string of the molecule is NC(=O)c1c(Cl)c(-c2ccccc2)n2c1CN(S(=O)(=O)C1CC=C(c3ccccn3)S1)CC2. The van der Waals surface area contributed by atoms with Crippen LogP contribution in [0.5, 0.6) is 0 Å². The van der Waals surface area contributed by atoms with E-state index in [4.69, 9.17) is 17.3 Å². The molecule has 4 heterocycles. The number of nitrogens with zero attached hydrogens (tertiary/aromatic N) is 3. The summed E-state index contributed by atoms with van der Waals surface area (Å²) >= 11 is 7.92. The number of allylic oxidation sites excluding steroid dienone is 1. The Morgan fingerprint density at radius 3 is 2.58 bits per heavy atom. The summed E-state index contributed by atoms with van der Waals surface area (Å²) in [6, 6.07) is 15.1. The molecule has 0 fully saturated rings. The van der Waals surface area contributed by atoms with Crippen LogP contribution in [-0.4, -0.2) is 39.3 Å². The molecular formula is C23H21ClN4O3S2. The fraction of sp³-hybridized carbons (Fsp3) is 0.217. The Bertz CT molecular complexity index is 1360. The van der Waals surface area contributed by atoms with Gasteiger partial charge in [-0.2, -0.15) is 4.31 Å². The van der Waals surface area contributed by atoms with Gasteiger partial charge in [0.1, 0.15) is 4.58 Å². The number of nitrogens with two attached hydrogens (primary N) is 1. The Hall–Kier alpha value is -2.59. The highest BCUT2D eigenvalue weighted by atomic mass is 35.5. The molecule has 0 saturated heterocycles. The first-order chi connectivity index (χ1) is 15.9. The number of hydrogen-bond donors (Lipinski definition) is 1. The fourth-order valence-electron chi connectivity index (χ4n) is 4.31. The summed E-state index contributed by atoms with van der Waals surface area (Å²) in [5.74, 6) is -0.667. The Morgan fingerprint density at radius 2 is 1.88 bits per heavy atom. The van der Waals surface area contributed by atoms with Crippen LogP contribution in [0.1, 0.15) is 28.2 Å². The first-order valence-corrected chi connectivity index (χ1v) is 13.2. The molecule has 2 aliphatic heterocycles. The van der Waals surface area contributed by atoms with Crippen LogP contribution in [0.15, 0.2) is 60.8 Å². The number of benzene rings is 1. The zero-order chi connectivity index (χ0) is 23.2. The quantitative estimate of drug-likeness (QED) is 0.572.